The first-order chi connectivity index (χ1) is 9.76. The van der Waals surface area contributed by atoms with Gasteiger partial charge in [0.25, 0.3) is 0 Å². The van der Waals surface area contributed by atoms with Gasteiger partial charge in [-0.3, -0.25) is 4.90 Å². The summed E-state index contributed by atoms with van der Waals surface area (Å²) in [6, 6.07) is 0. The van der Waals surface area contributed by atoms with E-state index < -0.39 is 5.60 Å². The number of piperidine rings is 1. The maximum Gasteiger partial charge on any atom is 0.114 e. The highest BCUT2D eigenvalue weighted by Crippen LogP contribution is 2.27. The summed E-state index contributed by atoms with van der Waals surface area (Å²) in [5.74, 6) is 0. The van der Waals surface area contributed by atoms with Crippen molar-refractivity contribution in [3.05, 3.63) is 23.8 Å². The van der Waals surface area contributed by atoms with E-state index in [2.05, 4.69) is 22.4 Å². The molecule has 0 aromatic heterocycles. The summed E-state index contributed by atoms with van der Waals surface area (Å²) in [5.41, 5.74) is 0.499. The highest BCUT2D eigenvalue weighted by Gasteiger charge is 2.36. The Morgan fingerprint density at radius 2 is 2.20 bits per heavy atom. The zero-order chi connectivity index (χ0) is 13.8. The highest BCUT2D eigenvalue weighted by atomic mass is 16.5. The van der Waals surface area contributed by atoms with E-state index in [1.165, 1.54) is 37.9 Å². The van der Waals surface area contributed by atoms with Crippen molar-refractivity contribution in [3.8, 4) is 0 Å². The SMILES string of the molecule is OC1(C2CNCCO2)C=CC(CN2CCCCC2)=CC1. The van der Waals surface area contributed by atoms with Crippen molar-refractivity contribution in [3.63, 3.8) is 0 Å². The van der Waals surface area contributed by atoms with Crippen LogP contribution in [0.2, 0.25) is 0 Å². The fourth-order valence-corrected chi connectivity index (χ4v) is 3.30. The van der Waals surface area contributed by atoms with Crippen LogP contribution in [-0.4, -0.2) is 61.0 Å². The predicted molar refractivity (Wildman–Crippen MR) is 79.7 cm³/mol. The molecular formula is C16H26N2O2. The van der Waals surface area contributed by atoms with Crippen LogP contribution in [0.25, 0.3) is 0 Å². The van der Waals surface area contributed by atoms with Gasteiger partial charge in [0.1, 0.15) is 11.7 Å². The molecular weight excluding hydrogens is 252 g/mol. The molecule has 2 unspecified atom stereocenters. The van der Waals surface area contributed by atoms with E-state index in [1.54, 1.807) is 0 Å². The van der Waals surface area contributed by atoms with Gasteiger partial charge in [-0.15, -0.1) is 0 Å². The average molecular weight is 278 g/mol. The van der Waals surface area contributed by atoms with Gasteiger partial charge in [0.15, 0.2) is 0 Å². The number of ether oxygens (including phenoxy) is 1. The van der Waals surface area contributed by atoms with Crippen LogP contribution in [-0.2, 0) is 4.74 Å². The second kappa shape index (κ2) is 6.39. The van der Waals surface area contributed by atoms with Gasteiger partial charge in [-0.05, 0) is 37.6 Å². The van der Waals surface area contributed by atoms with Crippen LogP contribution >= 0.6 is 0 Å². The van der Waals surface area contributed by atoms with Gasteiger partial charge in [-0.2, -0.15) is 0 Å². The lowest BCUT2D eigenvalue weighted by atomic mass is 9.86. The predicted octanol–water partition coefficient (Wildman–Crippen LogP) is 1.08. The first kappa shape index (κ1) is 14.3. The van der Waals surface area contributed by atoms with Gasteiger partial charge in [-0.1, -0.05) is 18.6 Å². The van der Waals surface area contributed by atoms with Crippen molar-refractivity contribution in [1.82, 2.24) is 10.2 Å². The van der Waals surface area contributed by atoms with Gasteiger partial charge in [-0.25, -0.2) is 0 Å². The Balaban J connectivity index is 1.55. The molecule has 2 N–H and O–H groups in total. The van der Waals surface area contributed by atoms with E-state index in [0.29, 0.717) is 13.0 Å². The van der Waals surface area contributed by atoms with Crippen LogP contribution in [0.4, 0.5) is 0 Å². The molecule has 2 fully saturated rings. The monoisotopic (exact) mass is 278 g/mol. The summed E-state index contributed by atoms with van der Waals surface area (Å²) < 4.78 is 5.70. The number of aliphatic hydroxyl groups is 1. The zero-order valence-electron chi connectivity index (χ0n) is 12.2. The van der Waals surface area contributed by atoms with E-state index in [1.807, 2.05) is 6.08 Å². The normalized spacial score (nSPS) is 35.9. The largest absolute Gasteiger partial charge is 0.383 e. The number of morpholine rings is 1. The summed E-state index contributed by atoms with van der Waals surface area (Å²) in [5, 5.41) is 14.0. The van der Waals surface area contributed by atoms with Crippen LogP contribution in [0.3, 0.4) is 0 Å². The molecule has 112 valence electrons. The van der Waals surface area contributed by atoms with Gasteiger partial charge >= 0.3 is 0 Å². The number of rotatable bonds is 3. The molecule has 20 heavy (non-hydrogen) atoms. The summed E-state index contributed by atoms with van der Waals surface area (Å²) >= 11 is 0. The van der Waals surface area contributed by atoms with Crippen molar-refractivity contribution in [2.24, 2.45) is 0 Å². The van der Waals surface area contributed by atoms with Crippen molar-refractivity contribution < 1.29 is 9.84 Å². The van der Waals surface area contributed by atoms with E-state index in [-0.39, 0.29) is 6.10 Å². The lowest BCUT2D eigenvalue weighted by Crippen LogP contribution is -2.52. The highest BCUT2D eigenvalue weighted by molar-refractivity contribution is 5.30. The molecule has 0 radical (unpaired) electrons. The Morgan fingerprint density at radius 1 is 1.35 bits per heavy atom. The maximum atomic E-state index is 10.7. The van der Waals surface area contributed by atoms with Crippen LogP contribution in [0, 0.1) is 0 Å². The summed E-state index contributed by atoms with van der Waals surface area (Å²) in [6.07, 6.45) is 10.8. The number of nitrogens with zero attached hydrogens (tertiary/aromatic N) is 1. The molecule has 0 bridgehead atoms. The van der Waals surface area contributed by atoms with E-state index >= 15 is 0 Å². The quantitative estimate of drug-likeness (QED) is 0.811. The summed E-state index contributed by atoms with van der Waals surface area (Å²) in [4.78, 5) is 2.52. The molecule has 0 saturated carbocycles. The minimum Gasteiger partial charge on any atom is -0.383 e. The third-order valence-electron chi connectivity index (χ3n) is 4.62. The Bertz CT molecular complexity index is 382. The topological polar surface area (TPSA) is 44.7 Å². The molecule has 0 amide bonds. The van der Waals surface area contributed by atoms with Crippen molar-refractivity contribution in [2.45, 2.75) is 37.4 Å². The minimum atomic E-state index is -0.835. The van der Waals surface area contributed by atoms with Crippen molar-refractivity contribution in [1.29, 1.82) is 0 Å². The van der Waals surface area contributed by atoms with Gasteiger partial charge in [0, 0.05) is 26.1 Å². The van der Waals surface area contributed by atoms with E-state index in [0.717, 1.165) is 19.6 Å². The van der Waals surface area contributed by atoms with Crippen molar-refractivity contribution >= 4 is 0 Å². The Hall–Kier alpha value is -0.680. The maximum absolute atomic E-state index is 10.7. The molecule has 0 aromatic rings. The fraction of sp³-hybridized carbons (Fsp3) is 0.750. The molecule has 2 aliphatic heterocycles. The Kier molecular flexibility index (Phi) is 4.56. The van der Waals surface area contributed by atoms with Gasteiger partial charge in [0.2, 0.25) is 0 Å². The number of hydrogen-bond donors (Lipinski definition) is 2. The molecule has 3 rings (SSSR count). The first-order valence-electron chi connectivity index (χ1n) is 7.92. The van der Waals surface area contributed by atoms with Crippen LogP contribution < -0.4 is 5.32 Å². The second-order valence-corrected chi connectivity index (χ2v) is 6.21. The Labute approximate surface area is 121 Å². The van der Waals surface area contributed by atoms with E-state index in [9.17, 15) is 5.11 Å². The lowest BCUT2D eigenvalue weighted by Gasteiger charge is -2.38. The summed E-state index contributed by atoms with van der Waals surface area (Å²) in [7, 11) is 0. The third-order valence-corrected chi connectivity index (χ3v) is 4.62. The fourth-order valence-electron chi connectivity index (χ4n) is 3.30. The van der Waals surface area contributed by atoms with Gasteiger partial charge < -0.3 is 15.2 Å². The minimum absolute atomic E-state index is 0.125. The number of likely N-dealkylation sites (tertiary alicyclic amines) is 1. The molecule has 0 spiro atoms. The molecule has 2 atom stereocenters. The average Bonchev–Trinajstić information content (AvgIpc) is 2.52. The third kappa shape index (κ3) is 3.31. The number of hydrogen-bond acceptors (Lipinski definition) is 4. The molecule has 4 heteroatoms. The molecule has 0 aromatic carbocycles. The second-order valence-electron chi connectivity index (χ2n) is 6.21. The Morgan fingerprint density at radius 3 is 2.85 bits per heavy atom. The first-order valence-corrected chi connectivity index (χ1v) is 7.92. The van der Waals surface area contributed by atoms with Crippen LogP contribution in [0.1, 0.15) is 25.7 Å². The molecule has 4 nitrogen and oxygen atoms in total. The molecule has 1 aliphatic carbocycles. The molecule has 2 heterocycles. The standard InChI is InChI=1S/C16H26N2O2/c19-16(15-12-17-8-11-20-15)6-4-14(5-7-16)13-18-9-2-1-3-10-18/h4-6,15,17,19H,1-3,7-13H2. The summed E-state index contributed by atoms with van der Waals surface area (Å²) in [6.45, 7) is 5.75. The van der Waals surface area contributed by atoms with Crippen LogP contribution in [0.15, 0.2) is 23.8 Å². The number of nitrogens with one attached hydrogen (secondary N) is 1. The smallest absolute Gasteiger partial charge is 0.114 e. The van der Waals surface area contributed by atoms with Crippen LogP contribution in [0.5, 0.6) is 0 Å². The molecule has 2 saturated heterocycles. The van der Waals surface area contributed by atoms with E-state index in [4.69, 9.17) is 4.74 Å². The molecule has 3 aliphatic rings. The lowest BCUT2D eigenvalue weighted by molar-refractivity contribution is -0.0918. The van der Waals surface area contributed by atoms with Gasteiger partial charge in [0.05, 0.1) is 6.61 Å². The van der Waals surface area contributed by atoms with Crippen molar-refractivity contribution in [2.75, 3.05) is 39.3 Å². The zero-order valence-corrected chi connectivity index (χ0v) is 12.2.